The van der Waals surface area contributed by atoms with E-state index < -0.39 is 0 Å². The van der Waals surface area contributed by atoms with Gasteiger partial charge in [-0.3, -0.25) is 9.69 Å². The number of ether oxygens (including phenoxy) is 2. The second-order valence-electron chi connectivity index (χ2n) is 4.93. The number of carbonyl (C=O) groups excluding carboxylic acids is 1. The highest BCUT2D eigenvalue weighted by molar-refractivity contribution is 5.71. The average Bonchev–Trinajstić information content (AvgIpc) is 2.32. The zero-order chi connectivity index (χ0) is 13.0. The highest BCUT2D eigenvalue weighted by atomic mass is 16.5. The molecule has 1 heterocycles. The molecule has 0 unspecified atom stereocenters. The van der Waals surface area contributed by atoms with Crippen molar-refractivity contribution in [2.24, 2.45) is 0 Å². The molecule has 0 radical (unpaired) electrons. The molecule has 0 spiro atoms. The van der Waals surface area contributed by atoms with Gasteiger partial charge < -0.3 is 9.47 Å². The largest absolute Gasteiger partial charge is 0.461 e. The molecule has 1 saturated heterocycles. The molecule has 0 bridgehead atoms. The maximum atomic E-state index is 11.8. The molecule has 18 heavy (non-hydrogen) atoms. The molecule has 0 atom stereocenters. The SMILES string of the molecule is CN(C)C1(CC(=O)OCc2ccccc2)COC1. The van der Waals surface area contributed by atoms with Gasteiger partial charge in [0.25, 0.3) is 0 Å². The first-order valence-electron chi connectivity index (χ1n) is 6.07. The van der Waals surface area contributed by atoms with E-state index in [1.165, 1.54) is 0 Å². The fraction of sp³-hybridized carbons (Fsp3) is 0.500. The highest BCUT2D eigenvalue weighted by Crippen LogP contribution is 2.27. The standard InChI is InChI=1S/C14H19NO3/c1-15(2)14(10-17-11-14)8-13(16)18-9-12-6-4-3-5-7-12/h3-7H,8-11H2,1-2H3. The molecular weight excluding hydrogens is 230 g/mol. The number of esters is 1. The number of rotatable bonds is 5. The molecule has 4 nitrogen and oxygen atoms in total. The van der Waals surface area contributed by atoms with Crippen molar-refractivity contribution in [3.8, 4) is 0 Å². The zero-order valence-corrected chi connectivity index (χ0v) is 10.9. The van der Waals surface area contributed by atoms with Crippen molar-refractivity contribution < 1.29 is 14.3 Å². The van der Waals surface area contributed by atoms with Gasteiger partial charge in [0, 0.05) is 0 Å². The van der Waals surface area contributed by atoms with Crippen molar-refractivity contribution >= 4 is 5.97 Å². The van der Waals surface area contributed by atoms with E-state index in [4.69, 9.17) is 9.47 Å². The number of benzene rings is 1. The molecule has 0 aromatic heterocycles. The summed E-state index contributed by atoms with van der Waals surface area (Å²) in [6, 6.07) is 9.70. The van der Waals surface area contributed by atoms with Crippen LogP contribution in [0.1, 0.15) is 12.0 Å². The lowest BCUT2D eigenvalue weighted by molar-refractivity contribution is -0.165. The van der Waals surface area contributed by atoms with Crippen LogP contribution in [0.25, 0.3) is 0 Å². The van der Waals surface area contributed by atoms with Gasteiger partial charge in [0.15, 0.2) is 0 Å². The Morgan fingerprint density at radius 3 is 2.50 bits per heavy atom. The predicted molar refractivity (Wildman–Crippen MR) is 68.1 cm³/mol. The Balaban J connectivity index is 1.82. The summed E-state index contributed by atoms with van der Waals surface area (Å²) in [5.74, 6) is -0.171. The number of likely N-dealkylation sites (N-methyl/N-ethyl adjacent to an activating group) is 1. The van der Waals surface area contributed by atoms with Gasteiger partial charge in [0.1, 0.15) is 6.61 Å². The fourth-order valence-electron chi connectivity index (χ4n) is 1.91. The van der Waals surface area contributed by atoms with Gasteiger partial charge in [-0.15, -0.1) is 0 Å². The van der Waals surface area contributed by atoms with E-state index in [0.29, 0.717) is 26.2 Å². The van der Waals surface area contributed by atoms with E-state index in [-0.39, 0.29) is 11.5 Å². The number of hydrogen-bond acceptors (Lipinski definition) is 4. The second kappa shape index (κ2) is 5.50. The highest BCUT2D eigenvalue weighted by Gasteiger charge is 2.43. The van der Waals surface area contributed by atoms with Gasteiger partial charge in [0.2, 0.25) is 0 Å². The summed E-state index contributed by atoms with van der Waals surface area (Å²) in [6.45, 7) is 1.53. The van der Waals surface area contributed by atoms with Gasteiger partial charge in [-0.2, -0.15) is 0 Å². The topological polar surface area (TPSA) is 38.8 Å². The van der Waals surface area contributed by atoms with Crippen molar-refractivity contribution in [3.63, 3.8) is 0 Å². The van der Waals surface area contributed by atoms with Gasteiger partial charge >= 0.3 is 5.97 Å². The molecule has 1 fully saturated rings. The van der Waals surface area contributed by atoms with Crippen LogP contribution in [-0.4, -0.2) is 43.7 Å². The molecule has 0 amide bonds. The predicted octanol–water partition coefficient (Wildman–Crippen LogP) is 1.45. The van der Waals surface area contributed by atoms with Crippen LogP contribution in [0, 0.1) is 0 Å². The number of carbonyl (C=O) groups is 1. The first-order chi connectivity index (χ1) is 8.62. The number of nitrogens with zero attached hydrogens (tertiary/aromatic N) is 1. The molecule has 1 aromatic carbocycles. The Morgan fingerprint density at radius 1 is 1.33 bits per heavy atom. The minimum atomic E-state index is -0.173. The monoisotopic (exact) mass is 249 g/mol. The third-order valence-electron chi connectivity index (χ3n) is 3.41. The van der Waals surface area contributed by atoms with Gasteiger partial charge in [-0.1, -0.05) is 30.3 Å². The quantitative estimate of drug-likeness (QED) is 0.740. The average molecular weight is 249 g/mol. The maximum absolute atomic E-state index is 11.8. The summed E-state index contributed by atoms with van der Waals surface area (Å²) >= 11 is 0. The first kappa shape index (κ1) is 13.1. The van der Waals surface area contributed by atoms with Gasteiger partial charge in [-0.05, 0) is 19.7 Å². The summed E-state index contributed by atoms with van der Waals surface area (Å²) in [5.41, 5.74) is 0.836. The lowest BCUT2D eigenvalue weighted by atomic mass is 9.92. The molecule has 2 rings (SSSR count). The lowest BCUT2D eigenvalue weighted by Crippen LogP contribution is -2.60. The summed E-state index contributed by atoms with van der Waals surface area (Å²) in [6.07, 6.45) is 0.382. The van der Waals surface area contributed by atoms with Crippen molar-refractivity contribution in [1.82, 2.24) is 4.90 Å². The Labute approximate surface area is 107 Å². The van der Waals surface area contributed by atoms with E-state index in [9.17, 15) is 4.79 Å². The van der Waals surface area contributed by atoms with Crippen LogP contribution in [0.2, 0.25) is 0 Å². The van der Waals surface area contributed by atoms with E-state index in [1.54, 1.807) is 0 Å². The number of hydrogen-bond donors (Lipinski definition) is 0. The van der Waals surface area contributed by atoms with Crippen LogP contribution < -0.4 is 0 Å². The third-order valence-corrected chi connectivity index (χ3v) is 3.41. The molecule has 1 aliphatic heterocycles. The van der Waals surface area contributed by atoms with Crippen LogP contribution in [0.5, 0.6) is 0 Å². The van der Waals surface area contributed by atoms with E-state index >= 15 is 0 Å². The molecule has 0 saturated carbocycles. The fourth-order valence-corrected chi connectivity index (χ4v) is 1.91. The van der Waals surface area contributed by atoms with Crippen LogP contribution in [-0.2, 0) is 20.9 Å². The van der Waals surface area contributed by atoms with Crippen LogP contribution >= 0.6 is 0 Å². The molecule has 1 aliphatic rings. The lowest BCUT2D eigenvalue weighted by Gasteiger charge is -2.45. The second-order valence-corrected chi connectivity index (χ2v) is 4.93. The smallest absolute Gasteiger partial charge is 0.308 e. The summed E-state index contributed by atoms with van der Waals surface area (Å²) in [5, 5.41) is 0. The molecule has 0 N–H and O–H groups in total. The van der Waals surface area contributed by atoms with Crippen LogP contribution in [0.3, 0.4) is 0 Å². The van der Waals surface area contributed by atoms with Crippen molar-refractivity contribution in [2.45, 2.75) is 18.6 Å². The molecular formula is C14H19NO3. The van der Waals surface area contributed by atoms with Gasteiger partial charge in [0.05, 0.1) is 25.2 Å². The van der Waals surface area contributed by atoms with Crippen molar-refractivity contribution in [3.05, 3.63) is 35.9 Å². The molecule has 1 aromatic rings. The summed E-state index contributed by atoms with van der Waals surface area (Å²) < 4.78 is 10.5. The van der Waals surface area contributed by atoms with Crippen LogP contribution in [0.15, 0.2) is 30.3 Å². The maximum Gasteiger partial charge on any atom is 0.308 e. The van der Waals surface area contributed by atoms with E-state index in [2.05, 4.69) is 0 Å². The summed E-state index contributed by atoms with van der Waals surface area (Å²) in [4.78, 5) is 13.9. The Bertz CT molecular complexity index is 399. The zero-order valence-electron chi connectivity index (χ0n) is 10.9. The van der Waals surface area contributed by atoms with Gasteiger partial charge in [-0.25, -0.2) is 0 Å². The third kappa shape index (κ3) is 2.89. The first-order valence-corrected chi connectivity index (χ1v) is 6.07. The Kier molecular flexibility index (Phi) is 3.99. The summed E-state index contributed by atoms with van der Waals surface area (Å²) in [7, 11) is 3.93. The normalized spacial score (nSPS) is 17.3. The van der Waals surface area contributed by atoms with Crippen LogP contribution in [0.4, 0.5) is 0 Å². The van der Waals surface area contributed by atoms with E-state index in [1.807, 2.05) is 49.3 Å². The van der Waals surface area contributed by atoms with Crippen molar-refractivity contribution in [1.29, 1.82) is 0 Å². The minimum Gasteiger partial charge on any atom is -0.461 e. The minimum absolute atomic E-state index is 0.171. The molecule has 4 heteroatoms. The van der Waals surface area contributed by atoms with Crippen molar-refractivity contribution in [2.75, 3.05) is 27.3 Å². The Morgan fingerprint density at radius 2 is 2.00 bits per heavy atom. The Hall–Kier alpha value is -1.39. The molecule has 0 aliphatic carbocycles. The molecule has 98 valence electrons. The van der Waals surface area contributed by atoms with E-state index in [0.717, 1.165) is 5.56 Å².